The van der Waals surface area contributed by atoms with Crippen molar-refractivity contribution < 1.29 is 58.2 Å². The number of likely N-dealkylation sites (N-methyl/N-ethyl adjacent to an activating group) is 3. The van der Waals surface area contributed by atoms with Crippen LogP contribution >= 0.6 is 7.82 Å². The summed E-state index contributed by atoms with van der Waals surface area (Å²) in [7, 11) is 13.1. The molecule has 0 aliphatic carbocycles. The lowest BCUT2D eigenvalue weighted by Gasteiger charge is -2.36. The molecule has 0 aliphatic heterocycles. The van der Waals surface area contributed by atoms with Crippen LogP contribution in [0.15, 0.2) is 12.2 Å². The van der Waals surface area contributed by atoms with Crippen LogP contribution in [0.4, 0.5) is 0 Å². The first-order chi connectivity index (χ1) is 21.4. The second-order valence-electron chi connectivity index (χ2n) is 14.7. The minimum absolute atomic E-state index is 0.177. The van der Waals surface area contributed by atoms with Crippen molar-refractivity contribution in [3.63, 3.8) is 0 Å². The summed E-state index contributed by atoms with van der Waals surface area (Å²) < 4.78 is 11.1. The van der Waals surface area contributed by atoms with E-state index in [0.717, 1.165) is 39.5 Å². The van der Waals surface area contributed by atoms with Gasteiger partial charge in [-0.3, -0.25) is 0 Å². The number of aliphatic hydroxyl groups is 5. The minimum Gasteiger partial charge on any atom is -0.822 e. The van der Waals surface area contributed by atoms with Crippen molar-refractivity contribution in [2.24, 2.45) is 5.73 Å². The summed E-state index contributed by atoms with van der Waals surface area (Å²) in [5, 5.41) is 43.5. The Kier molecular flexibility index (Phi) is 42.0. The summed E-state index contributed by atoms with van der Waals surface area (Å²) >= 11 is 0. The zero-order chi connectivity index (χ0) is 38.0. The molecule has 0 aliphatic rings. The molecule has 47 heavy (non-hydrogen) atoms. The number of nitrogens with two attached hydrogens (primary N) is 1. The number of allylic oxidation sites excluding steroid dienone is 1. The van der Waals surface area contributed by atoms with Crippen LogP contribution in [0.2, 0.25) is 0 Å². The number of quaternary nitrogens is 3. The first-order valence-corrected chi connectivity index (χ1v) is 18.5. The number of nitrogens with zero attached hydrogens (tertiary/aromatic N) is 3. The Morgan fingerprint density at radius 2 is 0.894 bits per heavy atom. The van der Waals surface area contributed by atoms with Crippen LogP contribution in [-0.2, 0) is 4.57 Å². The summed E-state index contributed by atoms with van der Waals surface area (Å²) in [6.45, 7) is 5.43. The topological polar surface area (TPSA) is 213 Å². The van der Waals surface area contributed by atoms with Crippen LogP contribution in [0.3, 0.4) is 0 Å². The van der Waals surface area contributed by atoms with E-state index in [1.807, 2.05) is 6.08 Å². The molecule has 0 amide bonds. The first kappa shape index (κ1) is 55.9. The van der Waals surface area contributed by atoms with E-state index in [-0.39, 0.29) is 26.4 Å². The van der Waals surface area contributed by atoms with Gasteiger partial charge in [0.15, 0.2) is 0 Å². The summed E-state index contributed by atoms with van der Waals surface area (Å²) in [5.41, 5.74) is 5.51. The fourth-order valence-corrected chi connectivity index (χ4v) is 3.31. The summed E-state index contributed by atoms with van der Waals surface area (Å²) in [6, 6.07) is -0.557. The summed E-state index contributed by atoms with van der Waals surface area (Å²) in [6.07, 6.45) is 18.8. The molecule has 7 N–H and O–H groups in total. The Labute approximate surface area is 289 Å². The highest BCUT2D eigenvalue weighted by Gasteiger charge is 2.08. The van der Waals surface area contributed by atoms with Crippen LogP contribution in [0.5, 0.6) is 0 Å². The minimum atomic E-state index is -5.39. The van der Waals surface area contributed by atoms with Gasteiger partial charge in [0.1, 0.15) is 19.6 Å². The van der Waals surface area contributed by atoms with E-state index in [9.17, 15) is 5.11 Å². The Morgan fingerprint density at radius 3 is 1.11 bits per heavy atom. The first-order valence-electron chi connectivity index (χ1n) is 17.1. The molecular formula is C33H79N4O9P. The van der Waals surface area contributed by atoms with Crippen LogP contribution in [0.1, 0.15) is 84.0 Å². The third-order valence-electron chi connectivity index (χ3n) is 6.27. The van der Waals surface area contributed by atoms with E-state index in [1.54, 1.807) is 6.08 Å². The van der Waals surface area contributed by atoms with E-state index in [2.05, 4.69) is 70.4 Å². The standard InChI is InChI=1S/C18H37NO2.3C5H14NO.H3O4P/c1-2-3-4-5-6-7-8-9-10-11-12-13-14-15-18(21)17(19)16-20;3*1-6(2,3)4-5-7;1-5(2,3)4/h14-15,17-18,20-21H,2-13,16,19H2,1H3;3*7H,4-5H2,1-3H3;(H3,1,2,3,4)/q;3*+1;/p-3/b15-14+;;;;. The lowest BCUT2D eigenvalue weighted by atomic mass is 10.0. The van der Waals surface area contributed by atoms with Gasteiger partial charge in [0.2, 0.25) is 0 Å². The quantitative estimate of drug-likeness (QED) is 0.0412. The van der Waals surface area contributed by atoms with Crippen molar-refractivity contribution in [1.29, 1.82) is 0 Å². The second kappa shape index (κ2) is 35.3. The summed E-state index contributed by atoms with van der Waals surface area (Å²) in [5.74, 6) is 0. The average Bonchev–Trinajstić information content (AvgIpc) is 2.89. The van der Waals surface area contributed by atoms with Gasteiger partial charge in [0.25, 0.3) is 0 Å². The van der Waals surface area contributed by atoms with E-state index in [1.165, 1.54) is 70.6 Å². The smallest absolute Gasteiger partial charge is 0.101 e. The molecule has 0 aromatic heterocycles. The molecule has 2 unspecified atom stereocenters. The fraction of sp³-hybridized carbons (Fsp3) is 0.939. The molecule has 0 rings (SSSR count). The molecule has 0 fully saturated rings. The van der Waals surface area contributed by atoms with Crippen molar-refractivity contribution in [1.82, 2.24) is 0 Å². The zero-order valence-electron chi connectivity index (χ0n) is 32.0. The van der Waals surface area contributed by atoms with Crippen LogP contribution in [-0.4, -0.2) is 161 Å². The van der Waals surface area contributed by atoms with Gasteiger partial charge in [-0.15, -0.1) is 0 Å². The molecule has 0 aromatic rings. The van der Waals surface area contributed by atoms with Crippen LogP contribution in [0.25, 0.3) is 0 Å². The maximum absolute atomic E-state index is 9.52. The Balaban J connectivity index is -0.000000184. The third-order valence-corrected chi connectivity index (χ3v) is 6.27. The Morgan fingerprint density at radius 1 is 0.617 bits per heavy atom. The lowest BCUT2D eigenvalue weighted by molar-refractivity contribution is -0.870. The van der Waals surface area contributed by atoms with E-state index in [0.29, 0.717) is 0 Å². The van der Waals surface area contributed by atoms with Crippen molar-refractivity contribution in [2.75, 3.05) is 109 Å². The molecule has 0 radical (unpaired) electrons. The highest BCUT2D eigenvalue weighted by atomic mass is 31.2. The molecule has 0 saturated heterocycles. The molecule has 13 nitrogen and oxygen atoms in total. The van der Waals surface area contributed by atoms with Gasteiger partial charge >= 0.3 is 0 Å². The van der Waals surface area contributed by atoms with E-state index in [4.69, 9.17) is 45.4 Å². The van der Waals surface area contributed by atoms with Gasteiger partial charge in [-0.1, -0.05) is 83.3 Å². The molecule has 14 heteroatoms. The highest BCUT2D eigenvalue weighted by molar-refractivity contribution is 7.40. The highest BCUT2D eigenvalue weighted by Crippen LogP contribution is 2.12. The van der Waals surface area contributed by atoms with Gasteiger partial charge in [-0.2, -0.15) is 7.82 Å². The van der Waals surface area contributed by atoms with Crippen molar-refractivity contribution >= 4 is 7.82 Å². The lowest BCUT2D eigenvalue weighted by Crippen LogP contribution is -2.36. The number of hydrogen-bond acceptors (Lipinski definition) is 10. The molecule has 0 saturated carbocycles. The number of unbranched alkanes of at least 4 members (excludes halogenated alkanes) is 11. The van der Waals surface area contributed by atoms with Crippen molar-refractivity contribution in [3.8, 4) is 0 Å². The number of phosphoric acid groups is 1. The zero-order valence-corrected chi connectivity index (χ0v) is 32.9. The van der Waals surface area contributed by atoms with E-state index >= 15 is 0 Å². The normalized spacial score (nSPS) is 13.2. The van der Waals surface area contributed by atoms with Gasteiger partial charge < -0.3 is 64.0 Å². The largest absolute Gasteiger partial charge is 0.822 e. The van der Waals surface area contributed by atoms with Gasteiger partial charge in [-0.05, 0) is 12.8 Å². The van der Waals surface area contributed by atoms with Gasteiger partial charge in [-0.25, -0.2) is 0 Å². The molecule has 0 spiro atoms. The maximum Gasteiger partial charge on any atom is 0.101 e. The van der Waals surface area contributed by atoms with Crippen LogP contribution < -0.4 is 20.4 Å². The van der Waals surface area contributed by atoms with Crippen LogP contribution in [0, 0.1) is 0 Å². The molecular weight excluding hydrogens is 627 g/mol. The predicted molar refractivity (Wildman–Crippen MR) is 189 cm³/mol. The maximum atomic E-state index is 9.52. The van der Waals surface area contributed by atoms with E-state index < -0.39 is 20.0 Å². The Bertz CT molecular complexity index is 647. The monoisotopic (exact) mass is 707 g/mol. The summed E-state index contributed by atoms with van der Waals surface area (Å²) in [4.78, 5) is 25.6. The predicted octanol–water partition coefficient (Wildman–Crippen LogP) is 0.154. The third kappa shape index (κ3) is 81.5. The fourth-order valence-electron chi connectivity index (χ4n) is 3.31. The van der Waals surface area contributed by atoms with Crippen molar-refractivity contribution in [2.45, 2.75) is 96.1 Å². The molecule has 0 bridgehead atoms. The van der Waals surface area contributed by atoms with Gasteiger partial charge in [0, 0.05) is 0 Å². The second-order valence-corrected chi connectivity index (χ2v) is 15.6. The number of hydrogen-bond donors (Lipinski definition) is 6. The molecule has 0 heterocycles. The molecule has 2 atom stereocenters. The molecule has 290 valence electrons. The number of rotatable bonds is 21. The molecule has 0 aromatic carbocycles. The average molecular weight is 707 g/mol. The Hall–Kier alpha value is -0.510. The van der Waals surface area contributed by atoms with Gasteiger partial charge in [0.05, 0.1) is 102 Å². The SMILES string of the molecule is CCCCCCCCCCCCC/C=C/C(O)C(N)CO.C[N+](C)(C)CCO.C[N+](C)(C)CCO.C[N+](C)(C)CCO.O=P([O-])([O-])[O-]. The number of aliphatic hydroxyl groups excluding tert-OH is 5. The van der Waals surface area contributed by atoms with Crippen molar-refractivity contribution in [3.05, 3.63) is 12.2 Å².